The molecule has 1 fully saturated rings. The Morgan fingerprint density at radius 2 is 1.60 bits per heavy atom. The van der Waals surface area contributed by atoms with E-state index in [4.69, 9.17) is 0 Å². The summed E-state index contributed by atoms with van der Waals surface area (Å²) in [5.74, 6) is -0.862. The first-order valence-corrected chi connectivity index (χ1v) is 7.29. The molecule has 1 aliphatic rings. The lowest BCUT2D eigenvalue weighted by atomic mass is 10.0. The van der Waals surface area contributed by atoms with Gasteiger partial charge in [0, 0.05) is 19.5 Å². The average molecular weight is 368 g/mol. The standard InChI is InChI=1S/C15H14F6N2O2/c16-14(17,18)10-5-9(6-11(7-10)15(19,20)21)1-2-13(25)23-4-3-22-12(24)8-23/h5-7H,1-4,8H2,(H,22,24). The lowest BCUT2D eigenvalue weighted by Gasteiger charge is -2.26. The fourth-order valence-electron chi connectivity index (χ4n) is 2.42. The zero-order valence-electron chi connectivity index (χ0n) is 12.8. The van der Waals surface area contributed by atoms with Crippen LogP contribution in [0.25, 0.3) is 0 Å². The Labute approximate surface area is 138 Å². The summed E-state index contributed by atoms with van der Waals surface area (Å²) in [6.45, 7) is 0.336. The zero-order valence-corrected chi connectivity index (χ0v) is 12.8. The van der Waals surface area contributed by atoms with Crippen molar-refractivity contribution in [2.45, 2.75) is 25.2 Å². The van der Waals surface area contributed by atoms with Gasteiger partial charge in [0.25, 0.3) is 0 Å². The second kappa shape index (κ2) is 6.93. The maximum Gasteiger partial charge on any atom is 0.416 e. The molecule has 0 aromatic heterocycles. The Hall–Kier alpha value is -2.26. The fourth-order valence-corrected chi connectivity index (χ4v) is 2.42. The molecular formula is C15H14F6N2O2. The average Bonchev–Trinajstić information content (AvgIpc) is 2.50. The van der Waals surface area contributed by atoms with E-state index in [0.717, 1.165) is 0 Å². The van der Waals surface area contributed by atoms with Gasteiger partial charge in [-0.15, -0.1) is 0 Å². The highest BCUT2D eigenvalue weighted by atomic mass is 19.4. The van der Waals surface area contributed by atoms with Crippen molar-refractivity contribution in [3.63, 3.8) is 0 Å². The third-order valence-corrected chi connectivity index (χ3v) is 3.67. The number of rotatable bonds is 3. The molecule has 10 heteroatoms. The molecule has 25 heavy (non-hydrogen) atoms. The number of amides is 2. The number of hydrogen-bond donors (Lipinski definition) is 1. The summed E-state index contributed by atoms with van der Waals surface area (Å²) in [5.41, 5.74) is -3.07. The minimum atomic E-state index is -4.93. The van der Waals surface area contributed by atoms with E-state index in [2.05, 4.69) is 5.32 Å². The van der Waals surface area contributed by atoms with Crippen molar-refractivity contribution in [1.29, 1.82) is 0 Å². The van der Waals surface area contributed by atoms with Crippen LogP contribution in [-0.2, 0) is 28.4 Å². The number of halogens is 6. The summed E-state index contributed by atoms with van der Waals surface area (Å²) in [6, 6.07) is 1.25. The predicted octanol–water partition coefficient (Wildman–Crippen LogP) is 2.62. The van der Waals surface area contributed by atoms with Gasteiger partial charge in [0.2, 0.25) is 11.8 Å². The maximum atomic E-state index is 12.8. The molecule has 1 aliphatic heterocycles. The number of nitrogens with one attached hydrogen (secondary N) is 1. The van der Waals surface area contributed by atoms with Crippen LogP contribution in [0.15, 0.2) is 18.2 Å². The van der Waals surface area contributed by atoms with Crippen LogP contribution in [-0.4, -0.2) is 36.3 Å². The maximum absolute atomic E-state index is 12.8. The van der Waals surface area contributed by atoms with Crippen molar-refractivity contribution >= 4 is 11.8 Å². The fraction of sp³-hybridized carbons (Fsp3) is 0.467. The van der Waals surface area contributed by atoms with Crippen molar-refractivity contribution in [2.75, 3.05) is 19.6 Å². The summed E-state index contributed by atoms with van der Waals surface area (Å²) >= 11 is 0. The lowest BCUT2D eigenvalue weighted by Crippen LogP contribution is -2.50. The van der Waals surface area contributed by atoms with Gasteiger partial charge in [-0.1, -0.05) is 0 Å². The van der Waals surface area contributed by atoms with Gasteiger partial charge in [0.15, 0.2) is 0 Å². The summed E-state index contributed by atoms with van der Waals surface area (Å²) < 4.78 is 76.7. The minimum Gasteiger partial charge on any atom is -0.353 e. The van der Waals surface area contributed by atoms with Crippen LogP contribution in [0.5, 0.6) is 0 Å². The third kappa shape index (κ3) is 5.10. The molecule has 0 radical (unpaired) electrons. The van der Waals surface area contributed by atoms with Crippen LogP contribution in [0.1, 0.15) is 23.1 Å². The number of nitrogens with zero attached hydrogens (tertiary/aromatic N) is 1. The largest absolute Gasteiger partial charge is 0.416 e. The molecule has 1 saturated heterocycles. The molecule has 1 aromatic rings. The van der Waals surface area contributed by atoms with Crippen molar-refractivity contribution in [3.05, 3.63) is 34.9 Å². The van der Waals surface area contributed by atoms with Gasteiger partial charge in [-0.05, 0) is 30.2 Å². The van der Waals surface area contributed by atoms with E-state index in [0.29, 0.717) is 12.1 Å². The van der Waals surface area contributed by atoms with E-state index in [1.807, 2.05) is 0 Å². The summed E-state index contributed by atoms with van der Waals surface area (Å²) in [5, 5.41) is 2.51. The molecule has 0 spiro atoms. The van der Waals surface area contributed by atoms with E-state index >= 15 is 0 Å². The van der Waals surface area contributed by atoms with Crippen LogP contribution < -0.4 is 5.32 Å². The Morgan fingerprint density at radius 3 is 2.08 bits per heavy atom. The summed E-state index contributed by atoms with van der Waals surface area (Å²) in [4.78, 5) is 24.4. The zero-order chi connectivity index (χ0) is 18.8. The molecule has 2 rings (SSSR count). The molecule has 0 atom stereocenters. The normalized spacial score (nSPS) is 15.9. The van der Waals surface area contributed by atoms with E-state index < -0.39 is 29.4 Å². The molecule has 0 saturated carbocycles. The molecule has 1 heterocycles. The van der Waals surface area contributed by atoms with Gasteiger partial charge >= 0.3 is 12.4 Å². The lowest BCUT2D eigenvalue weighted by molar-refractivity contribution is -0.143. The molecule has 0 aliphatic carbocycles. The van der Waals surface area contributed by atoms with Gasteiger partial charge in [-0.25, -0.2) is 0 Å². The van der Waals surface area contributed by atoms with E-state index in [1.54, 1.807) is 0 Å². The van der Waals surface area contributed by atoms with Gasteiger partial charge in [-0.3, -0.25) is 9.59 Å². The first kappa shape index (κ1) is 19.1. The number of piperazine rings is 1. The van der Waals surface area contributed by atoms with E-state index in [9.17, 15) is 35.9 Å². The number of carbonyl (C=O) groups excluding carboxylic acids is 2. The summed E-state index contributed by atoms with van der Waals surface area (Å²) in [7, 11) is 0. The Balaban J connectivity index is 2.15. The molecule has 0 unspecified atom stereocenters. The van der Waals surface area contributed by atoms with E-state index in [-0.39, 0.29) is 50.0 Å². The number of alkyl halides is 6. The highest BCUT2D eigenvalue weighted by Gasteiger charge is 2.36. The Morgan fingerprint density at radius 1 is 1.04 bits per heavy atom. The van der Waals surface area contributed by atoms with Crippen LogP contribution in [0, 0.1) is 0 Å². The van der Waals surface area contributed by atoms with E-state index in [1.165, 1.54) is 4.90 Å². The second-order valence-electron chi connectivity index (χ2n) is 5.58. The molecule has 138 valence electrons. The van der Waals surface area contributed by atoms with Crippen LogP contribution in [0.4, 0.5) is 26.3 Å². The van der Waals surface area contributed by atoms with Crippen molar-refractivity contribution < 1.29 is 35.9 Å². The topological polar surface area (TPSA) is 49.4 Å². The molecule has 1 aromatic carbocycles. The minimum absolute atomic E-state index is 0.0420. The highest BCUT2D eigenvalue weighted by Crippen LogP contribution is 2.36. The van der Waals surface area contributed by atoms with Crippen LogP contribution >= 0.6 is 0 Å². The Kier molecular flexibility index (Phi) is 5.28. The molecule has 0 bridgehead atoms. The number of hydrogen-bond acceptors (Lipinski definition) is 2. The Bertz CT molecular complexity index is 637. The number of benzene rings is 1. The first-order valence-electron chi connectivity index (χ1n) is 7.29. The number of carbonyl (C=O) groups is 2. The molecule has 2 amide bonds. The van der Waals surface area contributed by atoms with Crippen molar-refractivity contribution in [1.82, 2.24) is 10.2 Å². The SMILES string of the molecule is O=C1CN(C(=O)CCc2cc(C(F)(F)F)cc(C(F)(F)F)c2)CCN1. The van der Waals surface area contributed by atoms with Crippen molar-refractivity contribution in [3.8, 4) is 0 Å². The number of aryl methyl sites for hydroxylation is 1. The summed E-state index contributed by atoms with van der Waals surface area (Å²) in [6.07, 6.45) is -10.4. The van der Waals surface area contributed by atoms with Gasteiger partial charge < -0.3 is 10.2 Å². The van der Waals surface area contributed by atoms with Crippen LogP contribution in [0.3, 0.4) is 0 Å². The van der Waals surface area contributed by atoms with Gasteiger partial charge in [0.05, 0.1) is 17.7 Å². The van der Waals surface area contributed by atoms with Gasteiger partial charge in [0.1, 0.15) is 0 Å². The first-order chi connectivity index (χ1) is 11.5. The second-order valence-corrected chi connectivity index (χ2v) is 5.58. The highest BCUT2D eigenvalue weighted by molar-refractivity contribution is 5.86. The smallest absolute Gasteiger partial charge is 0.353 e. The molecule has 1 N–H and O–H groups in total. The van der Waals surface area contributed by atoms with Crippen molar-refractivity contribution in [2.24, 2.45) is 0 Å². The van der Waals surface area contributed by atoms with Crippen LogP contribution in [0.2, 0.25) is 0 Å². The predicted molar refractivity (Wildman–Crippen MR) is 74.4 cm³/mol. The monoisotopic (exact) mass is 368 g/mol. The molecule has 4 nitrogen and oxygen atoms in total. The third-order valence-electron chi connectivity index (χ3n) is 3.67. The molecular weight excluding hydrogens is 354 g/mol. The van der Waals surface area contributed by atoms with Gasteiger partial charge in [-0.2, -0.15) is 26.3 Å². The quantitative estimate of drug-likeness (QED) is 0.834.